The number of nitrogens with zero attached hydrogens (tertiary/aromatic N) is 1. The molecule has 0 spiro atoms. The number of rotatable bonds is 6. The Bertz CT molecular complexity index is 789. The molecule has 1 aromatic rings. The SMILES string of the molecule is CC(C)CNC(=O)[C@@H](C)[NH+]1CCN(S(=O)(=O)c2cccc(C(F)(F)F)c2)CC1. The van der Waals surface area contributed by atoms with Crippen LogP contribution in [0.3, 0.4) is 0 Å². The van der Waals surface area contributed by atoms with Gasteiger partial charge in [0.1, 0.15) is 0 Å². The van der Waals surface area contributed by atoms with Gasteiger partial charge in [0.25, 0.3) is 5.91 Å². The smallest absolute Gasteiger partial charge is 0.351 e. The molecule has 1 fully saturated rings. The highest BCUT2D eigenvalue weighted by atomic mass is 32.2. The van der Waals surface area contributed by atoms with Crippen LogP contribution in [0.1, 0.15) is 26.3 Å². The molecular weight excluding hydrogens is 395 g/mol. The van der Waals surface area contributed by atoms with E-state index in [1.807, 2.05) is 13.8 Å². The molecule has 0 radical (unpaired) electrons. The molecule has 1 atom stereocenters. The maximum atomic E-state index is 12.9. The Kier molecular flexibility index (Phi) is 7.11. The van der Waals surface area contributed by atoms with Crippen LogP contribution < -0.4 is 10.2 Å². The fourth-order valence-corrected chi connectivity index (χ4v) is 4.56. The largest absolute Gasteiger partial charge is 0.416 e. The van der Waals surface area contributed by atoms with Crippen LogP contribution >= 0.6 is 0 Å². The zero-order valence-corrected chi connectivity index (χ0v) is 17.0. The van der Waals surface area contributed by atoms with Crippen molar-refractivity contribution in [1.82, 2.24) is 9.62 Å². The molecule has 1 heterocycles. The van der Waals surface area contributed by atoms with Crippen LogP contribution in [0, 0.1) is 5.92 Å². The maximum Gasteiger partial charge on any atom is 0.416 e. The summed E-state index contributed by atoms with van der Waals surface area (Å²) in [6.07, 6.45) is -4.60. The lowest BCUT2D eigenvalue weighted by Crippen LogP contribution is -3.19. The number of piperazine rings is 1. The third-order valence-electron chi connectivity index (χ3n) is 4.85. The van der Waals surface area contributed by atoms with Crippen LogP contribution in [0.25, 0.3) is 0 Å². The highest BCUT2D eigenvalue weighted by molar-refractivity contribution is 7.89. The van der Waals surface area contributed by atoms with Crippen LogP contribution in [0.15, 0.2) is 29.2 Å². The van der Waals surface area contributed by atoms with E-state index in [0.717, 1.165) is 17.0 Å². The number of halogens is 3. The van der Waals surface area contributed by atoms with Crippen LogP contribution in [0.4, 0.5) is 13.2 Å². The van der Waals surface area contributed by atoms with Gasteiger partial charge in [0.2, 0.25) is 10.0 Å². The number of sulfonamides is 1. The molecule has 1 aromatic carbocycles. The third-order valence-corrected chi connectivity index (χ3v) is 6.75. The van der Waals surface area contributed by atoms with Gasteiger partial charge in [-0.15, -0.1) is 0 Å². The number of hydrogen-bond donors (Lipinski definition) is 2. The van der Waals surface area contributed by atoms with Crippen molar-refractivity contribution in [2.45, 2.75) is 37.9 Å². The molecule has 0 bridgehead atoms. The van der Waals surface area contributed by atoms with Gasteiger partial charge >= 0.3 is 6.18 Å². The van der Waals surface area contributed by atoms with Crippen molar-refractivity contribution in [3.05, 3.63) is 29.8 Å². The normalized spacial score (nSPS) is 18.2. The molecular formula is C18H27F3N3O3S+. The molecule has 0 aliphatic carbocycles. The zero-order chi connectivity index (χ0) is 21.1. The first-order valence-corrected chi connectivity index (χ1v) is 10.7. The third kappa shape index (κ3) is 5.45. The number of nitrogens with one attached hydrogen (secondary N) is 2. The van der Waals surface area contributed by atoms with Gasteiger partial charge in [0, 0.05) is 6.54 Å². The summed E-state index contributed by atoms with van der Waals surface area (Å²) in [5, 5.41) is 2.87. The Morgan fingerprint density at radius 2 is 1.82 bits per heavy atom. The summed E-state index contributed by atoms with van der Waals surface area (Å²) in [6, 6.07) is 3.45. The number of amides is 1. The standard InChI is InChI=1S/C18H26F3N3O3S/c1-13(2)12-22-17(25)14(3)23-7-9-24(10-8-23)28(26,27)16-6-4-5-15(11-16)18(19,20)21/h4-6,11,13-14H,7-10,12H2,1-3H3,(H,22,25)/p+1/t14-/m1/s1. The number of alkyl halides is 3. The summed E-state index contributed by atoms with van der Waals surface area (Å²) >= 11 is 0. The number of hydrogen-bond acceptors (Lipinski definition) is 3. The number of quaternary nitrogens is 1. The van der Waals surface area contributed by atoms with E-state index >= 15 is 0 Å². The molecule has 28 heavy (non-hydrogen) atoms. The van der Waals surface area contributed by atoms with Gasteiger partial charge in [0.15, 0.2) is 6.04 Å². The van der Waals surface area contributed by atoms with Crippen molar-refractivity contribution in [3.8, 4) is 0 Å². The van der Waals surface area contributed by atoms with Crippen molar-refractivity contribution in [2.75, 3.05) is 32.7 Å². The van der Waals surface area contributed by atoms with Crippen molar-refractivity contribution >= 4 is 15.9 Å². The first-order valence-electron chi connectivity index (χ1n) is 9.22. The lowest BCUT2D eigenvalue weighted by atomic mass is 10.2. The van der Waals surface area contributed by atoms with Crippen LogP contribution in [0.5, 0.6) is 0 Å². The fourth-order valence-electron chi connectivity index (χ4n) is 3.07. The first kappa shape index (κ1) is 22.6. The van der Waals surface area contributed by atoms with E-state index < -0.39 is 21.8 Å². The highest BCUT2D eigenvalue weighted by Crippen LogP contribution is 2.31. The van der Waals surface area contributed by atoms with Crippen LogP contribution in [-0.2, 0) is 21.0 Å². The van der Waals surface area contributed by atoms with E-state index in [2.05, 4.69) is 5.32 Å². The Hall–Kier alpha value is -1.65. The molecule has 158 valence electrons. The summed E-state index contributed by atoms with van der Waals surface area (Å²) in [6.45, 7) is 7.48. The van der Waals surface area contributed by atoms with E-state index in [9.17, 15) is 26.4 Å². The van der Waals surface area contributed by atoms with E-state index in [1.165, 1.54) is 10.4 Å². The zero-order valence-electron chi connectivity index (χ0n) is 16.2. The van der Waals surface area contributed by atoms with Gasteiger partial charge < -0.3 is 10.2 Å². The lowest BCUT2D eigenvalue weighted by Gasteiger charge is -2.34. The summed E-state index contributed by atoms with van der Waals surface area (Å²) in [7, 11) is -4.02. The molecule has 6 nitrogen and oxygen atoms in total. The lowest BCUT2D eigenvalue weighted by molar-refractivity contribution is -0.917. The Balaban J connectivity index is 2.03. The van der Waals surface area contributed by atoms with E-state index in [1.54, 1.807) is 6.92 Å². The molecule has 2 rings (SSSR count). The van der Waals surface area contributed by atoms with E-state index in [-0.39, 0.29) is 29.9 Å². The molecule has 0 saturated carbocycles. The second-order valence-electron chi connectivity index (χ2n) is 7.45. The van der Waals surface area contributed by atoms with Crippen molar-refractivity contribution in [2.24, 2.45) is 5.92 Å². The molecule has 0 unspecified atom stereocenters. The summed E-state index contributed by atoms with van der Waals surface area (Å²) in [5.41, 5.74) is -0.992. The average molecular weight is 422 g/mol. The van der Waals surface area contributed by atoms with Gasteiger partial charge in [0.05, 0.1) is 36.6 Å². The maximum absolute atomic E-state index is 12.9. The van der Waals surface area contributed by atoms with Crippen molar-refractivity contribution < 1.29 is 31.3 Å². The van der Waals surface area contributed by atoms with Gasteiger partial charge in [-0.1, -0.05) is 19.9 Å². The van der Waals surface area contributed by atoms with E-state index in [0.29, 0.717) is 31.6 Å². The predicted octanol–water partition coefficient (Wildman–Crippen LogP) is 0.755. The minimum atomic E-state index is -4.60. The molecule has 10 heteroatoms. The summed E-state index contributed by atoms with van der Waals surface area (Å²) in [4.78, 5) is 12.8. The van der Waals surface area contributed by atoms with Crippen molar-refractivity contribution in [1.29, 1.82) is 0 Å². The second-order valence-corrected chi connectivity index (χ2v) is 9.39. The van der Waals surface area contributed by atoms with Crippen LogP contribution in [0.2, 0.25) is 0 Å². The fraction of sp³-hybridized carbons (Fsp3) is 0.611. The number of carbonyl (C=O) groups excluding carboxylic acids is 1. The van der Waals surface area contributed by atoms with Gasteiger partial charge in [-0.3, -0.25) is 4.79 Å². The highest BCUT2D eigenvalue weighted by Gasteiger charge is 2.36. The molecule has 1 aliphatic rings. The first-order chi connectivity index (χ1) is 12.9. The number of carbonyl (C=O) groups is 1. The van der Waals surface area contributed by atoms with Gasteiger partial charge in [-0.25, -0.2) is 8.42 Å². The molecule has 2 N–H and O–H groups in total. The van der Waals surface area contributed by atoms with E-state index in [4.69, 9.17) is 0 Å². The molecule has 1 amide bonds. The molecule has 1 aliphatic heterocycles. The average Bonchev–Trinajstić information content (AvgIpc) is 2.65. The monoisotopic (exact) mass is 422 g/mol. The quantitative estimate of drug-likeness (QED) is 0.711. The minimum absolute atomic E-state index is 0.0853. The Morgan fingerprint density at radius 1 is 1.21 bits per heavy atom. The summed E-state index contributed by atoms with van der Waals surface area (Å²) < 4.78 is 65.3. The van der Waals surface area contributed by atoms with Crippen LogP contribution in [-0.4, -0.2) is 57.4 Å². The summed E-state index contributed by atoms with van der Waals surface area (Å²) in [5.74, 6) is 0.249. The topological polar surface area (TPSA) is 70.9 Å². The predicted molar refractivity (Wildman–Crippen MR) is 98.2 cm³/mol. The van der Waals surface area contributed by atoms with Gasteiger partial charge in [-0.2, -0.15) is 17.5 Å². The molecule has 0 aromatic heterocycles. The van der Waals surface area contributed by atoms with Crippen molar-refractivity contribution in [3.63, 3.8) is 0 Å². The Labute approximate surface area is 163 Å². The minimum Gasteiger partial charge on any atom is -0.351 e. The van der Waals surface area contributed by atoms with Gasteiger partial charge in [-0.05, 0) is 31.0 Å². The Morgan fingerprint density at radius 3 is 2.36 bits per heavy atom. The number of benzene rings is 1. The molecule has 1 saturated heterocycles. The second kappa shape index (κ2) is 8.79.